The second-order valence-electron chi connectivity index (χ2n) is 6.18. The van der Waals surface area contributed by atoms with Crippen LogP contribution >= 0.6 is 0 Å². The lowest BCUT2D eigenvalue weighted by Gasteiger charge is -2.29. The van der Waals surface area contributed by atoms with E-state index in [9.17, 15) is 0 Å². The highest BCUT2D eigenvalue weighted by molar-refractivity contribution is 5.91. The highest BCUT2D eigenvalue weighted by Crippen LogP contribution is 2.32. The van der Waals surface area contributed by atoms with Crippen molar-refractivity contribution in [2.45, 2.75) is 0 Å². The Bertz CT molecular complexity index is 942. The van der Waals surface area contributed by atoms with Gasteiger partial charge in [-0.15, -0.1) is 0 Å². The van der Waals surface area contributed by atoms with Crippen molar-refractivity contribution < 1.29 is 14.2 Å². The maximum absolute atomic E-state index is 5.48. The summed E-state index contributed by atoms with van der Waals surface area (Å²) in [5.74, 6) is 2.84. The number of rotatable bonds is 5. The second kappa shape index (κ2) is 7.67. The summed E-state index contributed by atoms with van der Waals surface area (Å²) >= 11 is 0. The van der Waals surface area contributed by atoms with E-state index in [1.807, 2.05) is 36.4 Å². The van der Waals surface area contributed by atoms with E-state index in [4.69, 9.17) is 19.2 Å². The fraction of sp³-hybridized carbons (Fsp3) is 0.300. The Labute approximate surface area is 157 Å². The molecule has 1 aliphatic heterocycles. The van der Waals surface area contributed by atoms with Crippen LogP contribution in [0.25, 0.3) is 10.9 Å². The number of ether oxygens (including phenoxy) is 3. The van der Waals surface area contributed by atoms with Crippen LogP contribution in [0, 0.1) is 0 Å². The number of aromatic nitrogens is 2. The van der Waals surface area contributed by atoms with E-state index in [0.29, 0.717) is 24.9 Å². The Morgan fingerprint density at radius 3 is 2.59 bits per heavy atom. The molecule has 2 heterocycles. The Morgan fingerprint density at radius 2 is 1.81 bits per heavy atom. The minimum atomic E-state index is 0.527. The van der Waals surface area contributed by atoms with Crippen LogP contribution in [0.3, 0.4) is 0 Å². The van der Waals surface area contributed by atoms with Crippen molar-refractivity contribution in [2.75, 3.05) is 50.7 Å². The molecule has 0 radical (unpaired) electrons. The smallest absolute Gasteiger partial charge is 0.229 e. The molecule has 27 heavy (non-hydrogen) atoms. The molecule has 2 aromatic carbocycles. The van der Waals surface area contributed by atoms with Gasteiger partial charge in [0.25, 0.3) is 0 Å². The molecule has 0 bridgehead atoms. The van der Waals surface area contributed by atoms with Gasteiger partial charge in [-0.3, -0.25) is 0 Å². The SMILES string of the molecule is COc1ccc(Nc2nc(N3CCOCC3)c3ccccc3n2)c(OC)c1. The molecular formula is C20H22N4O3. The molecule has 0 aliphatic carbocycles. The first-order valence-corrected chi connectivity index (χ1v) is 8.87. The molecule has 1 aromatic heterocycles. The van der Waals surface area contributed by atoms with Gasteiger partial charge in [-0.25, -0.2) is 4.98 Å². The van der Waals surface area contributed by atoms with Crippen molar-refractivity contribution in [3.05, 3.63) is 42.5 Å². The van der Waals surface area contributed by atoms with Gasteiger partial charge in [0.15, 0.2) is 0 Å². The zero-order chi connectivity index (χ0) is 18.6. The number of fused-ring (bicyclic) bond motifs is 1. The fourth-order valence-corrected chi connectivity index (χ4v) is 3.15. The normalized spacial score (nSPS) is 14.2. The summed E-state index contributed by atoms with van der Waals surface area (Å²) in [7, 11) is 3.25. The summed E-state index contributed by atoms with van der Waals surface area (Å²) in [6.45, 7) is 3.03. The summed E-state index contributed by atoms with van der Waals surface area (Å²) in [4.78, 5) is 11.7. The number of hydrogen-bond donors (Lipinski definition) is 1. The highest BCUT2D eigenvalue weighted by atomic mass is 16.5. The van der Waals surface area contributed by atoms with Crippen LogP contribution in [0.4, 0.5) is 17.5 Å². The van der Waals surface area contributed by atoms with E-state index in [1.165, 1.54) is 0 Å². The Morgan fingerprint density at radius 1 is 1.00 bits per heavy atom. The lowest BCUT2D eigenvalue weighted by atomic mass is 10.2. The lowest BCUT2D eigenvalue weighted by molar-refractivity contribution is 0.122. The largest absolute Gasteiger partial charge is 0.497 e. The quantitative estimate of drug-likeness (QED) is 0.743. The van der Waals surface area contributed by atoms with Crippen LogP contribution in [-0.2, 0) is 4.74 Å². The fourth-order valence-electron chi connectivity index (χ4n) is 3.15. The zero-order valence-electron chi connectivity index (χ0n) is 15.4. The summed E-state index contributed by atoms with van der Waals surface area (Å²) in [6.07, 6.45) is 0. The molecule has 0 saturated carbocycles. The first kappa shape index (κ1) is 17.4. The van der Waals surface area contributed by atoms with Crippen molar-refractivity contribution in [3.8, 4) is 11.5 Å². The number of anilines is 3. The number of para-hydroxylation sites is 1. The van der Waals surface area contributed by atoms with E-state index in [-0.39, 0.29) is 0 Å². The van der Waals surface area contributed by atoms with Gasteiger partial charge in [0, 0.05) is 24.5 Å². The van der Waals surface area contributed by atoms with Crippen molar-refractivity contribution in [3.63, 3.8) is 0 Å². The van der Waals surface area contributed by atoms with Gasteiger partial charge in [-0.2, -0.15) is 4.98 Å². The standard InChI is InChI=1S/C20H22N4O3/c1-25-14-7-8-17(18(13-14)26-2)22-20-21-16-6-4-3-5-15(16)19(23-20)24-9-11-27-12-10-24/h3-8,13H,9-12H2,1-2H3,(H,21,22,23). The predicted molar refractivity (Wildman–Crippen MR) is 105 cm³/mol. The van der Waals surface area contributed by atoms with Crippen molar-refractivity contribution in [1.29, 1.82) is 0 Å². The second-order valence-corrected chi connectivity index (χ2v) is 6.18. The van der Waals surface area contributed by atoms with Crippen molar-refractivity contribution in [2.24, 2.45) is 0 Å². The lowest BCUT2D eigenvalue weighted by Crippen LogP contribution is -2.37. The molecule has 7 heteroatoms. The van der Waals surface area contributed by atoms with E-state index >= 15 is 0 Å². The minimum absolute atomic E-state index is 0.527. The van der Waals surface area contributed by atoms with Gasteiger partial charge >= 0.3 is 0 Å². The molecule has 3 aromatic rings. The number of nitrogens with one attached hydrogen (secondary N) is 1. The van der Waals surface area contributed by atoms with Gasteiger partial charge < -0.3 is 24.4 Å². The average Bonchev–Trinajstić information content (AvgIpc) is 2.74. The Balaban J connectivity index is 1.74. The van der Waals surface area contributed by atoms with Gasteiger partial charge in [0.05, 0.1) is 38.6 Å². The van der Waals surface area contributed by atoms with Gasteiger partial charge in [-0.1, -0.05) is 12.1 Å². The van der Waals surface area contributed by atoms with Crippen LogP contribution in [0.15, 0.2) is 42.5 Å². The third-order valence-electron chi connectivity index (χ3n) is 4.55. The maximum Gasteiger partial charge on any atom is 0.229 e. The summed E-state index contributed by atoms with van der Waals surface area (Å²) in [5.41, 5.74) is 1.67. The molecule has 0 spiro atoms. The molecular weight excluding hydrogens is 344 g/mol. The molecule has 1 saturated heterocycles. The summed E-state index contributed by atoms with van der Waals surface area (Å²) in [5, 5.41) is 4.32. The van der Waals surface area contributed by atoms with Crippen LogP contribution in [0.2, 0.25) is 0 Å². The van der Waals surface area contributed by atoms with Crippen LogP contribution in [-0.4, -0.2) is 50.5 Å². The van der Waals surface area contributed by atoms with Crippen LogP contribution < -0.4 is 19.7 Å². The van der Waals surface area contributed by atoms with E-state index in [1.54, 1.807) is 14.2 Å². The summed E-state index contributed by atoms with van der Waals surface area (Å²) < 4.78 is 16.2. The van der Waals surface area contributed by atoms with E-state index in [0.717, 1.165) is 41.2 Å². The van der Waals surface area contributed by atoms with E-state index in [2.05, 4.69) is 21.3 Å². The van der Waals surface area contributed by atoms with Crippen molar-refractivity contribution in [1.82, 2.24) is 9.97 Å². The van der Waals surface area contributed by atoms with E-state index < -0.39 is 0 Å². The topological polar surface area (TPSA) is 68.7 Å². The first-order chi connectivity index (χ1) is 13.3. The van der Waals surface area contributed by atoms with Crippen LogP contribution in [0.5, 0.6) is 11.5 Å². The molecule has 0 amide bonds. The highest BCUT2D eigenvalue weighted by Gasteiger charge is 2.18. The Hall–Kier alpha value is -3.06. The number of benzene rings is 2. The number of nitrogens with zero attached hydrogens (tertiary/aromatic N) is 3. The van der Waals surface area contributed by atoms with Gasteiger partial charge in [0.1, 0.15) is 17.3 Å². The minimum Gasteiger partial charge on any atom is -0.497 e. The average molecular weight is 366 g/mol. The molecule has 1 aliphatic rings. The number of hydrogen-bond acceptors (Lipinski definition) is 7. The van der Waals surface area contributed by atoms with Crippen molar-refractivity contribution >= 4 is 28.4 Å². The maximum atomic E-state index is 5.48. The predicted octanol–water partition coefficient (Wildman–Crippen LogP) is 3.23. The molecule has 0 unspecified atom stereocenters. The Kier molecular flexibility index (Phi) is 4.93. The van der Waals surface area contributed by atoms with Crippen LogP contribution in [0.1, 0.15) is 0 Å². The van der Waals surface area contributed by atoms with Gasteiger partial charge in [0.2, 0.25) is 5.95 Å². The zero-order valence-corrected chi connectivity index (χ0v) is 15.4. The molecule has 7 nitrogen and oxygen atoms in total. The molecule has 0 atom stereocenters. The molecule has 1 fully saturated rings. The third-order valence-corrected chi connectivity index (χ3v) is 4.55. The molecule has 1 N–H and O–H groups in total. The third kappa shape index (κ3) is 3.59. The number of morpholine rings is 1. The number of methoxy groups -OCH3 is 2. The monoisotopic (exact) mass is 366 g/mol. The van der Waals surface area contributed by atoms with Gasteiger partial charge in [-0.05, 0) is 24.3 Å². The molecule has 4 rings (SSSR count). The summed E-state index contributed by atoms with van der Waals surface area (Å²) in [6, 6.07) is 13.6. The first-order valence-electron chi connectivity index (χ1n) is 8.87. The molecule has 140 valence electrons.